The van der Waals surface area contributed by atoms with Crippen LogP contribution < -0.4 is 5.32 Å². The standard InChI is InChI=1S/C23H30FN3O3/c1-17-22(23(28)25-7-3-8-26-10-12-29-13-11-26)20-16-27(9-6-21(20)30-17)15-18-4-2-5-19(24)14-18/h2,4-5,14H,3,6-13,15-16H2,1H3,(H,25,28). The monoisotopic (exact) mass is 415 g/mol. The third-order valence-electron chi connectivity index (χ3n) is 5.87. The van der Waals surface area contributed by atoms with E-state index in [1.54, 1.807) is 12.1 Å². The Hall–Kier alpha value is -2.22. The van der Waals surface area contributed by atoms with Gasteiger partial charge in [-0.25, -0.2) is 4.39 Å². The number of halogens is 1. The molecule has 4 rings (SSSR count). The van der Waals surface area contributed by atoms with Crippen molar-refractivity contribution in [1.29, 1.82) is 0 Å². The molecule has 3 heterocycles. The van der Waals surface area contributed by atoms with Crippen LogP contribution in [0.25, 0.3) is 0 Å². The maximum Gasteiger partial charge on any atom is 0.255 e. The smallest absolute Gasteiger partial charge is 0.255 e. The third-order valence-corrected chi connectivity index (χ3v) is 5.87. The normalized spacial score (nSPS) is 17.7. The predicted octanol–water partition coefficient (Wildman–Crippen LogP) is 2.74. The molecule has 2 aromatic rings. The van der Waals surface area contributed by atoms with Gasteiger partial charge in [0.15, 0.2) is 0 Å². The Morgan fingerprint density at radius 2 is 2.03 bits per heavy atom. The van der Waals surface area contributed by atoms with Gasteiger partial charge in [-0.2, -0.15) is 0 Å². The molecule has 30 heavy (non-hydrogen) atoms. The number of ether oxygens (including phenoxy) is 1. The van der Waals surface area contributed by atoms with Crippen LogP contribution in [0.15, 0.2) is 28.7 Å². The van der Waals surface area contributed by atoms with Gasteiger partial charge in [0.05, 0.1) is 18.8 Å². The minimum absolute atomic E-state index is 0.0629. The zero-order valence-electron chi connectivity index (χ0n) is 17.6. The van der Waals surface area contributed by atoms with Gasteiger partial charge >= 0.3 is 0 Å². The van der Waals surface area contributed by atoms with E-state index < -0.39 is 0 Å². The van der Waals surface area contributed by atoms with E-state index in [9.17, 15) is 9.18 Å². The molecule has 1 fully saturated rings. The number of nitrogens with one attached hydrogen (secondary N) is 1. The number of amides is 1. The Kier molecular flexibility index (Phi) is 6.82. The van der Waals surface area contributed by atoms with E-state index >= 15 is 0 Å². The zero-order chi connectivity index (χ0) is 20.9. The topological polar surface area (TPSA) is 58.0 Å². The van der Waals surface area contributed by atoms with Gasteiger partial charge in [-0.1, -0.05) is 12.1 Å². The van der Waals surface area contributed by atoms with Crippen molar-refractivity contribution in [2.24, 2.45) is 0 Å². The van der Waals surface area contributed by atoms with Gasteiger partial charge < -0.3 is 14.5 Å². The number of morpholine rings is 1. The van der Waals surface area contributed by atoms with Gasteiger partial charge in [0, 0.05) is 51.3 Å². The lowest BCUT2D eigenvalue weighted by Gasteiger charge is -2.27. The number of fused-ring (bicyclic) bond motifs is 1. The number of hydrogen-bond donors (Lipinski definition) is 1. The fourth-order valence-corrected chi connectivity index (χ4v) is 4.32. The maximum absolute atomic E-state index is 13.5. The van der Waals surface area contributed by atoms with Crippen LogP contribution in [0, 0.1) is 12.7 Å². The maximum atomic E-state index is 13.5. The van der Waals surface area contributed by atoms with Crippen LogP contribution in [-0.2, 0) is 24.2 Å². The number of carbonyl (C=O) groups is 1. The Balaban J connectivity index is 1.34. The molecule has 7 heteroatoms. The SMILES string of the molecule is Cc1oc2c(c1C(=O)NCCCN1CCOCC1)CN(Cc1cccc(F)c1)CC2. The van der Waals surface area contributed by atoms with Crippen molar-refractivity contribution in [2.45, 2.75) is 32.9 Å². The zero-order valence-corrected chi connectivity index (χ0v) is 17.6. The number of nitrogens with zero attached hydrogens (tertiary/aromatic N) is 2. The second-order valence-electron chi connectivity index (χ2n) is 8.09. The van der Waals surface area contributed by atoms with Crippen LogP contribution in [0.3, 0.4) is 0 Å². The molecule has 1 saturated heterocycles. The van der Waals surface area contributed by atoms with E-state index in [1.807, 2.05) is 13.0 Å². The van der Waals surface area contributed by atoms with Gasteiger partial charge in [0.25, 0.3) is 5.91 Å². The molecule has 1 aromatic heterocycles. The summed E-state index contributed by atoms with van der Waals surface area (Å²) in [6.07, 6.45) is 1.67. The van der Waals surface area contributed by atoms with Crippen LogP contribution in [0.4, 0.5) is 4.39 Å². The second kappa shape index (κ2) is 9.73. The summed E-state index contributed by atoms with van der Waals surface area (Å²) in [6, 6.07) is 6.69. The number of rotatable bonds is 7. The lowest BCUT2D eigenvalue weighted by molar-refractivity contribution is 0.0374. The van der Waals surface area contributed by atoms with Crippen molar-refractivity contribution in [2.75, 3.05) is 45.9 Å². The average Bonchev–Trinajstić information content (AvgIpc) is 3.07. The van der Waals surface area contributed by atoms with Gasteiger partial charge in [-0.05, 0) is 37.6 Å². The van der Waals surface area contributed by atoms with Crippen LogP contribution >= 0.6 is 0 Å². The summed E-state index contributed by atoms with van der Waals surface area (Å²) in [6.45, 7) is 9.09. The quantitative estimate of drug-likeness (QED) is 0.705. The van der Waals surface area contributed by atoms with Crippen molar-refractivity contribution in [3.8, 4) is 0 Å². The Labute approximate surface area is 177 Å². The second-order valence-corrected chi connectivity index (χ2v) is 8.09. The predicted molar refractivity (Wildman–Crippen MR) is 112 cm³/mol. The molecule has 1 amide bonds. The summed E-state index contributed by atoms with van der Waals surface area (Å²) in [4.78, 5) is 17.5. The molecule has 2 aliphatic rings. The Morgan fingerprint density at radius 3 is 2.83 bits per heavy atom. The highest BCUT2D eigenvalue weighted by atomic mass is 19.1. The molecule has 6 nitrogen and oxygen atoms in total. The van der Waals surface area contributed by atoms with E-state index in [1.165, 1.54) is 6.07 Å². The third kappa shape index (κ3) is 5.09. The van der Waals surface area contributed by atoms with E-state index in [4.69, 9.17) is 9.15 Å². The summed E-state index contributed by atoms with van der Waals surface area (Å²) in [5.74, 6) is 1.30. The van der Waals surface area contributed by atoms with Crippen LogP contribution in [0.2, 0.25) is 0 Å². The average molecular weight is 416 g/mol. The first kappa shape index (κ1) is 21.0. The molecule has 0 atom stereocenters. The van der Waals surface area contributed by atoms with Gasteiger partial charge in [0.2, 0.25) is 0 Å². The van der Waals surface area contributed by atoms with Crippen LogP contribution in [-0.4, -0.2) is 61.6 Å². The van der Waals surface area contributed by atoms with E-state index in [-0.39, 0.29) is 11.7 Å². The van der Waals surface area contributed by atoms with Crippen molar-refractivity contribution in [3.63, 3.8) is 0 Å². The van der Waals surface area contributed by atoms with Crippen molar-refractivity contribution in [1.82, 2.24) is 15.1 Å². The first-order chi connectivity index (χ1) is 14.6. The minimum Gasteiger partial charge on any atom is -0.465 e. The molecular weight excluding hydrogens is 385 g/mol. The summed E-state index contributed by atoms with van der Waals surface area (Å²) in [7, 11) is 0. The summed E-state index contributed by atoms with van der Waals surface area (Å²) >= 11 is 0. The number of benzene rings is 1. The molecular formula is C23H30FN3O3. The van der Waals surface area contributed by atoms with Crippen LogP contribution in [0.5, 0.6) is 0 Å². The summed E-state index contributed by atoms with van der Waals surface area (Å²) < 4.78 is 24.8. The molecule has 0 radical (unpaired) electrons. The van der Waals surface area contributed by atoms with Gasteiger partial charge in [-0.3, -0.25) is 14.6 Å². The highest BCUT2D eigenvalue weighted by Gasteiger charge is 2.28. The fourth-order valence-electron chi connectivity index (χ4n) is 4.32. The minimum atomic E-state index is -0.221. The lowest BCUT2D eigenvalue weighted by atomic mass is 10.0. The number of aryl methyl sites for hydroxylation is 1. The molecule has 162 valence electrons. The number of hydrogen-bond acceptors (Lipinski definition) is 5. The highest BCUT2D eigenvalue weighted by Crippen LogP contribution is 2.29. The van der Waals surface area contributed by atoms with E-state index in [2.05, 4.69) is 15.1 Å². The Morgan fingerprint density at radius 1 is 1.20 bits per heavy atom. The lowest BCUT2D eigenvalue weighted by Crippen LogP contribution is -2.38. The molecule has 1 aromatic carbocycles. The number of carbonyl (C=O) groups excluding carboxylic acids is 1. The van der Waals surface area contributed by atoms with Crippen molar-refractivity contribution in [3.05, 3.63) is 58.3 Å². The van der Waals surface area contributed by atoms with E-state index in [0.29, 0.717) is 31.0 Å². The highest BCUT2D eigenvalue weighted by molar-refractivity contribution is 5.97. The van der Waals surface area contributed by atoms with E-state index in [0.717, 1.165) is 69.1 Å². The molecule has 0 aliphatic carbocycles. The van der Waals surface area contributed by atoms with Gasteiger partial charge in [-0.15, -0.1) is 0 Å². The molecule has 1 N–H and O–H groups in total. The van der Waals surface area contributed by atoms with Crippen LogP contribution in [0.1, 0.15) is 39.4 Å². The molecule has 2 aliphatic heterocycles. The van der Waals surface area contributed by atoms with Crippen molar-refractivity contribution >= 4 is 5.91 Å². The number of furan rings is 1. The Bertz CT molecular complexity index is 877. The van der Waals surface area contributed by atoms with Gasteiger partial charge in [0.1, 0.15) is 17.3 Å². The fraction of sp³-hybridized carbons (Fsp3) is 0.522. The van der Waals surface area contributed by atoms with Crippen molar-refractivity contribution < 1.29 is 18.3 Å². The first-order valence-corrected chi connectivity index (χ1v) is 10.8. The molecule has 0 unspecified atom stereocenters. The summed E-state index contributed by atoms with van der Waals surface area (Å²) in [5.41, 5.74) is 2.58. The summed E-state index contributed by atoms with van der Waals surface area (Å²) in [5, 5.41) is 3.06. The largest absolute Gasteiger partial charge is 0.465 e. The molecule has 0 saturated carbocycles. The molecule has 0 bridgehead atoms. The molecule has 0 spiro atoms. The first-order valence-electron chi connectivity index (χ1n) is 10.8.